The van der Waals surface area contributed by atoms with Crippen LogP contribution in [0.5, 0.6) is 0 Å². The number of carbonyl (C=O) groups excluding carboxylic acids is 5. The van der Waals surface area contributed by atoms with E-state index in [1.54, 1.807) is 0 Å². The van der Waals surface area contributed by atoms with Gasteiger partial charge in [-0.05, 0) is 19.3 Å². The SMILES string of the molecule is CCCCCCCCCCCCCCCC(=O)NOC(=O)CCC(=O)OC(COC(=O)CCC)COC(=O)CCC. The van der Waals surface area contributed by atoms with Crippen molar-refractivity contribution in [2.75, 3.05) is 13.2 Å². The van der Waals surface area contributed by atoms with Crippen LogP contribution in [0.3, 0.4) is 0 Å². The molecule has 0 aliphatic carbocycles. The monoisotopic (exact) mass is 585 g/mol. The van der Waals surface area contributed by atoms with Gasteiger partial charge in [-0.15, -0.1) is 0 Å². The number of ether oxygens (including phenoxy) is 3. The number of carbonyl (C=O) groups is 5. The highest BCUT2D eigenvalue weighted by Gasteiger charge is 2.20. The maximum absolute atomic E-state index is 12.2. The smallest absolute Gasteiger partial charge is 0.332 e. The first-order chi connectivity index (χ1) is 19.8. The fourth-order valence-electron chi connectivity index (χ4n) is 4.01. The second kappa shape index (κ2) is 27.5. The molecule has 0 saturated carbocycles. The van der Waals surface area contributed by atoms with Crippen molar-refractivity contribution < 1.29 is 43.0 Å². The molecule has 238 valence electrons. The van der Waals surface area contributed by atoms with Crippen molar-refractivity contribution in [3.63, 3.8) is 0 Å². The van der Waals surface area contributed by atoms with Crippen LogP contribution in [0.1, 0.15) is 149 Å². The second-order valence-electron chi connectivity index (χ2n) is 10.5. The molecule has 41 heavy (non-hydrogen) atoms. The van der Waals surface area contributed by atoms with E-state index in [4.69, 9.17) is 19.0 Å². The van der Waals surface area contributed by atoms with Gasteiger partial charge >= 0.3 is 23.9 Å². The summed E-state index contributed by atoms with van der Waals surface area (Å²) in [5.74, 6) is -2.81. The van der Waals surface area contributed by atoms with Crippen LogP contribution in [0.15, 0.2) is 0 Å². The zero-order valence-corrected chi connectivity index (χ0v) is 25.8. The number of hydrogen-bond donors (Lipinski definition) is 1. The van der Waals surface area contributed by atoms with Crippen molar-refractivity contribution in [1.29, 1.82) is 0 Å². The van der Waals surface area contributed by atoms with E-state index < -0.39 is 30.0 Å². The average molecular weight is 586 g/mol. The van der Waals surface area contributed by atoms with Crippen LogP contribution >= 0.6 is 0 Å². The predicted octanol–water partition coefficient (Wildman–Crippen LogP) is 6.42. The molecule has 0 aliphatic rings. The Morgan fingerprint density at radius 3 is 1.39 bits per heavy atom. The first kappa shape index (κ1) is 38.4. The third-order valence-corrected chi connectivity index (χ3v) is 6.39. The highest BCUT2D eigenvalue weighted by atomic mass is 16.7. The molecule has 0 spiro atoms. The van der Waals surface area contributed by atoms with Crippen LogP contribution in [0.4, 0.5) is 0 Å². The lowest BCUT2D eigenvalue weighted by Gasteiger charge is -2.18. The summed E-state index contributed by atoms with van der Waals surface area (Å²) in [7, 11) is 0. The molecular weight excluding hydrogens is 530 g/mol. The highest BCUT2D eigenvalue weighted by molar-refractivity contribution is 5.80. The Morgan fingerprint density at radius 1 is 0.488 bits per heavy atom. The minimum atomic E-state index is -0.986. The van der Waals surface area contributed by atoms with Gasteiger partial charge in [-0.25, -0.2) is 4.79 Å². The quantitative estimate of drug-likeness (QED) is 0.0528. The Bertz CT molecular complexity index is 704. The Hall–Kier alpha value is -2.65. The van der Waals surface area contributed by atoms with E-state index in [1.807, 2.05) is 13.8 Å². The van der Waals surface area contributed by atoms with Crippen LogP contribution in [0.25, 0.3) is 0 Å². The molecule has 0 atom stereocenters. The lowest BCUT2D eigenvalue weighted by Crippen LogP contribution is -2.31. The summed E-state index contributed by atoms with van der Waals surface area (Å²) in [4.78, 5) is 64.0. The molecular formula is C31H55NO9. The topological polar surface area (TPSA) is 134 Å². The van der Waals surface area contributed by atoms with Gasteiger partial charge in [-0.2, -0.15) is 5.48 Å². The van der Waals surface area contributed by atoms with Gasteiger partial charge in [0.15, 0.2) is 6.10 Å². The standard InChI is InChI=1S/C31H55NO9/c1-4-7-8-9-10-11-12-13-14-15-16-17-18-21-27(33)32-41-31(37)23-22-30(36)40-26(24-38-28(34)19-5-2)25-39-29(35)20-6-3/h26H,4-25H2,1-3H3,(H,32,33). The minimum absolute atomic E-state index is 0.215. The van der Waals surface area contributed by atoms with Crippen molar-refractivity contribution in [2.45, 2.75) is 155 Å². The Kier molecular flexibility index (Phi) is 25.7. The van der Waals surface area contributed by atoms with Gasteiger partial charge in [-0.1, -0.05) is 97.8 Å². The first-order valence-electron chi connectivity index (χ1n) is 15.8. The van der Waals surface area contributed by atoms with Crippen molar-refractivity contribution in [3.8, 4) is 0 Å². The molecule has 0 unspecified atom stereocenters. The zero-order valence-electron chi connectivity index (χ0n) is 25.8. The zero-order chi connectivity index (χ0) is 30.6. The van der Waals surface area contributed by atoms with E-state index in [9.17, 15) is 24.0 Å². The Morgan fingerprint density at radius 2 is 0.927 bits per heavy atom. The predicted molar refractivity (Wildman–Crippen MR) is 155 cm³/mol. The summed E-state index contributed by atoms with van der Waals surface area (Å²) < 4.78 is 15.4. The van der Waals surface area contributed by atoms with E-state index >= 15 is 0 Å². The molecule has 10 heteroatoms. The fraction of sp³-hybridized carbons (Fsp3) is 0.839. The number of rotatable bonds is 26. The van der Waals surface area contributed by atoms with Crippen molar-refractivity contribution >= 4 is 29.8 Å². The summed E-state index contributed by atoms with van der Waals surface area (Å²) in [5, 5.41) is 0. The van der Waals surface area contributed by atoms with Crippen molar-refractivity contribution in [2.24, 2.45) is 0 Å². The number of nitrogens with one attached hydrogen (secondary N) is 1. The van der Waals surface area contributed by atoms with Gasteiger partial charge in [0.2, 0.25) is 0 Å². The summed E-state index contributed by atoms with van der Waals surface area (Å²) in [5.41, 5.74) is 2.12. The summed E-state index contributed by atoms with van der Waals surface area (Å²) in [6.45, 7) is 5.37. The molecule has 0 bridgehead atoms. The summed E-state index contributed by atoms with van der Waals surface area (Å²) >= 11 is 0. The van der Waals surface area contributed by atoms with Crippen LogP contribution in [0.2, 0.25) is 0 Å². The van der Waals surface area contributed by atoms with Crippen LogP contribution in [0, 0.1) is 0 Å². The molecule has 0 aromatic heterocycles. The first-order valence-corrected chi connectivity index (χ1v) is 15.8. The number of unbranched alkanes of at least 4 members (excludes halogenated alkanes) is 12. The summed E-state index contributed by atoms with van der Waals surface area (Å²) in [6.07, 6.45) is 16.1. The van der Waals surface area contributed by atoms with Crippen LogP contribution in [-0.4, -0.2) is 49.1 Å². The number of esters is 3. The van der Waals surface area contributed by atoms with Gasteiger partial charge < -0.3 is 19.0 Å². The second-order valence-corrected chi connectivity index (χ2v) is 10.5. The van der Waals surface area contributed by atoms with Gasteiger partial charge in [0.05, 0.1) is 12.8 Å². The lowest BCUT2D eigenvalue weighted by molar-refractivity contribution is -0.168. The third kappa shape index (κ3) is 26.0. The molecule has 0 aromatic rings. The number of hydrogen-bond acceptors (Lipinski definition) is 9. The highest BCUT2D eigenvalue weighted by Crippen LogP contribution is 2.13. The summed E-state index contributed by atoms with van der Waals surface area (Å²) in [6, 6.07) is 0. The van der Waals surface area contributed by atoms with Crippen molar-refractivity contribution in [3.05, 3.63) is 0 Å². The van der Waals surface area contributed by atoms with Gasteiger partial charge in [0, 0.05) is 19.3 Å². The largest absolute Gasteiger partial charge is 0.462 e. The molecule has 0 aliphatic heterocycles. The molecule has 0 radical (unpaired) electrons. The lowest BCUT2D eigenvalue weighted by atomic mass is 10.0. The molecule has 10 nitrogen and oxygen atoms in total. The van der Waals surface area contributed by atoms with E-state index in [0.29, 0.717) is 12.8 Å². The van der Waals surface area contributed by atoms with Gasteiger partial charge in [0.1, 0.15) is 13.2 Å². The average Bonchev–Trinajstić information content (AvgIpc) is 2.95. The molecule has 0 fully saturated rings. The fourth-order valence-corrected chi connectivity index (χ4v) is 4.01. The van der Waals surface area contributed by atoms with E-state index in [1.165, 1.54) is 64.2 Å². The molecule has 0 saturated heterocycles. The third-order valence-electron chi connectivity index (χ3n) is 6.39. The number of amides is 1. The number of hydroxylamine groups is 1. The molecule has 1 N–H and O–H groups in total. The normalized spacial score (nSPS) is 10.7. The van der Waals surface area contributed by atoms with E-state index in [0.717, 1.165) is 19.3 Å². The molecule has 0 aromatic carbocycles. The minimum Gasteiger partial charge on any atom is -0.462 e. The Labute approximate surface area is 246 Å². The maximum atomic E-state index is 12.2. The van der Waals surface area contributed by atoms with Gasteiger partial charge in [-0.3, -0.25) is 19.2 Å². The molecule has 1 amide bonds. The van der Waals surface area contributed by atoms with Crippen LogP contribution in [-0.2, 0) is 43.0 Å². The van der Waals surface area contributed by atoms with Crippen LogP contribution < -0.4 is 5.48 Å². The van der Waals surface area contributed by atoms with Gasteiger partial charge in [0.25, 0.3) is 5.91 Å². The van der Waals surface area contributed by atoms with Crippen molar-refractivity contribution in [1.82, 2.24) is 5.48 Å². The molecule has 0 heterocycles. The van der Waals surface area contributed by atoms with E-state index in [-0.39, 0.29) is 51.2 Å². The molecule has 0 rings (SSSR count). The van der Waals surface area contributed by atoms with E-state index in [2.05, 4.69) is 12.4 Å². The Balaban J connectivity index is 4.00. The maximum Gasteiger partial charge on any atom is 0.332 e.